The van der Waals surface area contributed by atoms with Gasteiger partial charge in [-0.05, 0) is 47.5 Å². The Morgan fingerprint density at radius 2 is 2.17 bits per heavy atom. The van der Waals surface area contributed by atoms with E-state index < -0.39 is 0 Å². The molecule has 0 radical (unpaired) electrons. The van der Waals surface area contributed by atoms with E-state index in [9.17, 15) is 0 Å². The zero-order chi connectivity index (χ0) is 13.1. The van der Waals surface area contributed by atoms with Gasteiger partial charge in [0.25, 0.3) is 0 Å². The number of aromatic nitrogens is 2. The van der Waals surface area contributed by atoms with Gasteiger partial charge in [0.15, 0.2) is 5.82 Å². The first-order chi connectivity index (χ1) is 8.58. The summed E-state index contributed by atoms with van der Waals surface area (Å²) in [7, 11) is 0. The topological polar surface area (TPSA) is 51.8 Å². The molecule has 2 rings (SSSR count). The number of rotatable bonds is 4. The van der Waals surface area contributed by atoms with E-state index >= 15 is 0 Å². The molecule has 0 aliphatic carbocycles. The van der Waals surface area contributed by atoms with Gasteiger partial charge in [0, 0.05) is 23.9 Å². The quantitative estimate of drug-likeness (QED) is 0.935. The highest BCUT2D eigenvalue weighted by molar-refractivity contribution is 9.11. The van der Waals surface area contributed by atoms with E-state index in [1.165, 1.54) is 0 Å². The molecule has 0 aliphatic heterocycles. The van der Waals surface area contributed by atoms with Crippen LogP contribution in [0.25, 0.3) is 10.7 Å². The van der Waals surface area contributed by atoms with Gasteiger partial charge < -0.3 is 5.73 Å². The normalized spacial score (nSPS) is 12.7. The summed E-state index contributed by atoms with van der Waals surface area (Å²) in [5, 5.41) is 0. The van der Waals surface area contributed by atoms with Gasteiger partial charge in [-0.15, -0.1) is 11.3 Å². The highest BCUT2D eigenvalue weighted by Gasteiger charge is 2.09. The smallest absolute Gasteiger partial charge is 0.169 e. The van der Waals surface area contributed by atoms with E-state index in [1.807, 2.05) is 25.1 Å². The van der Waals surface area contributed by atoms with Crippen molar-refractivity contribution >= 4 is 27.3 Å². The fourth-order valence-electron chi connectivity index (χ4n) is 1.70. The molecule has 2 heterocycles. The fourth-order valence-corrected chi connectivity index (χ4v) is 3.02. The molecule has 0 bridgehead atoms. The van der Waals surface area contributed by atoms with Crippen LogP contribution in [0.2, 0.25) is 0 Å². The van der Waals surface area contributed by atoms with Crippen LogP contribution in [0.4, 0.5) is 0 Å². The molecule has 1 atom stereocenters. The summed E-state index contributed by atoms with van der Waals surface area (Å²) in [5.74, 6) is 0.795. The molecule has 2 aromatic rings. The van der Waals surface area contributed by atoms with Gasteiger partial charge in [-0.1, -0.05) is 6.92 Å². The second kappa shape index (κ2) is 5.91. The Labute approximate surface area is 120 Å². The maximum absolute atomic E-state index is 5.98. The van der Waals surface area contributed by atoms with Crippen molar-refractivity contribution in [1.29, 1.82) is 0 Å². The summed E-state index contributed by atoms with van der Waals surface area (Å²) in [6, 6.07) is 6.24. The summed E-state index contributed by atoms with van der Waals surface area (Å²) in [5.41, 5.74) is 8.00. The van der Waals surface area contributed by atoms with Crippen molar-refractivity contribution in [2.24, 2.45) is 5.73 Å². The van der Waals surface area contributed by atoms with Crippen LogP contribution in [-0.2, 0) is 6.42 Å². The lowest BCUT2D eigenvalue weighted by Gasteiger charge is -2.09. The Morgan fingerprint density at radius 3 is 2.78 bits per heavy atom. The van der Waals surface area contributed by atoms with E-state index in [4.69, 9.17) is 5.73 Å². The van der Waals surface area contributed by atoms with Crippen molar-refractivity contribution in [2.45, 2.75) is 32.7 Å². The van der Waals surface area contributed by atoms with Gasteiger partial charge in [-0.2, -0.15) is 0 Å². The highest BCUT2D eigenvalue weighted by atomic mass is 79.9. The van der Waals surface area contributed by atoms with Crippen LogP contribution < -0.4 is 5.73 Å². The molecular weight excluding hydrogens is 310 g/mol. The molecule has 0 saturated carbocycles. The molecule has 0 amide bonds. The van der Waals surface area contributed by atoms with Crippen molar-refractivity contribution in [3.8, 4) is 10.7 Å². The van der Waals surface area contributed by atoms with E-state index in [2.05, 4.69) is 32.8 Å². The average molecular weight is 326 g/mol. The fraction of sp³-hybridized carbons (Fsp3) is 0.385. The van der Waals surface area contributed by atoms with Crippen LogP contribution in [0.1, 0.15) is 24.7 Å². The largest absolute Gasteiger partial charge is 0.327 e. The Hall–Kier alpha value is -0.780. The molecule has 1 unspecified atom stereocenters. The predicted molar refractivity (Wildman–Crippen MR) is 79.8 cm³/mol. The average Bonchev–Trinajstić information content (AvgIpc) is 2.75. The van der Waals surface area contributed by atoms with Crippen LogP contribution in [-0.4, -0.2) is 16.0 Å². The number of hydrogen-bond donors (Lipinski definition) is 1. The van der Waals surface area contributed by atoms with Crippen LogP contribution in [0.5, 0.6) is 0 Å². The van der Waals surface area contributed by atoms with Crippen LogP contribution >= 0.6 is 27.3 Å². The summed E-state index contributed by atoms with van der Waals surface area (Å²) in [6.07, 6.45) is 1.77. The zero-order valence-electron chi connectivity index (χ0n) is 10.5. The lowest BCUT2D eigenvalue weighted by Crippen LogP contribution is -2.22. The summed E-state index contributed by atoms with van der Waals surface area (Å²) < 4.78 is 1.09. The van der Waals surface area contributed by atoms with E-state index in [0.717, 1.165) is 38.7 Å². The Balaban J connectivity index is 2.32. The van der Waals surface area contributed by atoms with Gasteiger partial charge in [0.05, 0.1) is 8.66 Å². The Bertz CT molecular complexity index is 539. The van der Waals surface area contributed by atoms with Gasteiger partial charge in [-0.3, -0.25) is 0 Å². The first-order valence-corrected chi connectivity index (χ1v) is 7.55. The van der Waals surface area contributed by atoms with E-state index in [0.29, 0.717) is 0 Å². The van der Waals surface area contributed by atoms with Crippen LogP contribution in [0, 0.1) is 6.92 Å². The number of halogens is 1. The predicted octanol–water partition coefficient (Wildman–Crippen LogP) is 3.56. The highest BCUT2D eigenvalue weighted by Crippen LogP contribution is 2.29. The molecule has 2 aromatic heterocycles. The van der Waals surface area contributed by atoms with Crippen LogP contribution in [0.15, 0.2) is 22.0 Å². The van der Waals surface area contributed by atoms with Crippen molar-refractivity contribution < 1.29 is 0 Å². The molecular formula is C13H16BrN3S. The molecule has 3 nitrogen and oxygen atoms in total. The van der Waals surface area contributed by atoms with Gasteiger partial charge >= 0.3 is 0 Å². The Morgan fingerprint density at radius 1 is 1.39 bits per heavy atom. The van der Waals surface area contributed by atoms with Crippen molar-refractivity contribution in [3.63, 3.8) is 0 Å². The summed E-state index contributed by atoms with van der Waals surface area (Å²) >= 11 is 5.10. The molecule has 0 spiro atoms. The minimum Gasteiger partial charge on any atom is -0.327 e. The molecule has 18 heavy (non-hydrogen) atoms. The molecule has 0 aromatic carbocycles. The lowest BCUT2D eigenvalue weighted by molar-refractivity contribution is 0.635. The minimum atomic E-state index is 0.169. The minimum absolute atomic E-state index is 0.169. The second-order valence-corrected chi connectivity index (χ2v) is 6.76. The molecule has 0 fully saturated rings. The molecule has 0 aliphatic rings. The first-order valence-electron chi connectivity index (χ1n) is 5.94. The molecule has 5 heteroatoms. The van der Waals surface area contributed by atoms with Crippen LogP contribution in [0.3, 0.4) is 0 Å². The first kappa shape index (κ1) is 13.6. The number of nitrogens with two attached hydrogens (primary N) is 1. The lowest BCUT2D eigenvalue weighted by atomic mass is 10.1. The maximum atomic E-state index is 5.98. The zero-order valence-corrected chi connectivity index (χ0v) is 12.9. The third kappa shape index (κ3) is 3.37. The van der Waals surface area contributed by atoms with E-state index in [-0.39, 0.29) is 6.04 Å². The van der Waals surface area contributed by atoms with Gasteiger partial charge in [0.2, 0.25) is 0 Å². The van der Waals surface area contributed by atoms with Crippen molar-refractivity contribution in [3.05, 3.63) is 33.4 Å². The number of thiophene rings is 1. The molecule has 96 valence electrons. The Kier molecular flexibility index (Phi) is 4.48. The SMILES string of the molecule is CCC(N)Cc1cc(C)nc(-c2ccc(Br)s2)n1. The maximum Gasteiger partial charge on any atom is 0.169 e. The standard InChI is InChI=1S/C13H16BrN3S/c1-3-9(15)7-10-6-8(2)16-13(17-10)11-4-5-12(14)18-11/h4-6,9H,3,7,15H2,1-2H3. The van der Waals surface area contributed by atoms with Gasteiger partial charge in [-0.25, -0.2) is 9.97 Å². The number of hydrogen-bond acceptors (Lipinski definition) is 4. The molecule has 0 saturated heterocycles. The van der Waals surface area contributed by atoms with Crippen molar-refractivity contribution in [2.75, 3.05) is 0 Å². The third-order valence-corrected chi connectivity index (χ3v) is 4.32. The van der Waals surface area contributed by atoms with E-state index in [1.54, 1.807) is 11.3 Å². The number of nitrogens with zero attached hydrogens (tertiary/aromatic N) is 2. The van der Waals surface area contributed by atoms with Gasteiger partial charge in [0.1, 0.15) is 0 Å². The third-order valence-electron chi connectivity index (χ3n) is 2.70. The summed E-state index contributed by atoms with van der Waals surface area (Å²) in [4.78, 5) is 10.2. The molecule has 2 N–H and O–H groups in total. The second-order valence-electron chi connectivity index (χ2n) is 4.30. The summed E-state index contributed by atoms with van der Waals surface area (Å²) in [6.45, 7) is 4.09. The number of aryl methyl sites for hydroxylation is 1. The monoisotopic (exact) mass is 325 g/mol. The van der Waals surface area contributed by atoms with Crippen molar-refractivity contribution in [1.82, 2.24) is 9.97 Å².